The van der Waals surface area contributed by atoms with Crippen molar-refractivity contribution in [1.82, 2.24) is 9.88 Å². The van der Waals surface area contributed by atoms with Gasteiger partial charge < -0.3 is 14.7 Å². The molecule has 2 aliphatic rings. The summed E-state index contributed by atoms with van der Waals surface area (Å²) < 4.78 is 5.58. The highest BCUT2D eigenvalue weighted by molar-refractivity contribution is 5.69. The second kappa shape index (κ2) is 5.78. The van der Waals surface area contributed by atoms with E-state index in [-0.39, 0.29) is 18.2 Å². The second-order valence-corrected chi connectivity index (χ2v) is 7.81. The van der Waals surface area contributed by atoms with E-state index in [0.717, 1.165) is 24.8 Å². The van der Waals surface area contributed by atoms with Gasteiger partial charge in [-0.1, -0.05) is 6.07 Å². The summed E-state index contributed by atoms with van der Waals surface area (Å²) in [5, 5.41) is 11.2. The van der Waals surface area contributed by atoms with E-state index >= 15 is 0 Å². The van der Waals surface area contributed by atoms with E-state index in [4.69, 9.17) is 4.74 Å². The Labute approximate surface area is 137 Å². The average molecular weight is 318 g/mol. The van der Waals surface area contributed by atoms with Gasteiger partial charge in [-0.2, -0.15) is 0 Å². The van der Waals surface area contributed by atoms with Crippen molar-refractivity contribution in [2.45, 2.75) is 76.2 Å². The van der Waals surface area contributed by atoms with Crippen LogP contribution in [0.15, 0.2) is 24.5 Å². The zero-order chi connectivity index (χ0) is 16.7. The molecule has 2 saturated heterocycles. The summed E-state index contributed by atoms with van der Waals surface area (Å²) in [6.07, 6.45) is 7.22. The van der Waals surface area contributed by atoms with Crippen LogP contribution in [-0.4, -0.2) is 38.8 Å². The molecule has 2 fully saturated rings. The maximum Gasteiger partial charge on any atom is 0.410 e. The fourth-order valence-corrected chi connectivity index (χ4v) is 3.92. The van der Waals surface area contributed by atoms with Crippen molar-refractivity contribution in [2.75, 3.05) is 0 Å². The first-order valence-corrected chi connectivity index (χ1v) is 8.43. The van der Waals surface area contributed by atoms with Crippen molar-refractivity contribution in [3.8, 4) is 0 Å². The summed E-state index contributed by atoms with van der Waals surface area (Å²) in [5.74, 6) is 0. The van der Waals surface area contributed by atoms with Gasteiger partial charge in [0, 0.05) is 42.9 Å². The molecule has 0 radical (unpaired) electrons. The van der Waals surface area contributed by atoms with E-state index in [9.17, 15) is 9.90 Å². The number of nitrogens with zero attached hydrogens (tertiary/aromatic N) is 2. The third-order valence-electron chi connectivity index (χ3n) is 4.81. The standard InChI is InChI=1S/C18H26N2O3/c1-17(2,3)23-16(21)20-14-7-4-8-15(20)11-18(22,10-14)13-6-5-9-19-12-13/h5-6,9,12,14-15,22H,4,7-8,10-11H2,1-3H3/t14-,15+,18+. The Morgan fingerprint density at radius 3 is 2.52 bits per heavy atom. The van der Waals surface area contributed by atoms with Gasteiger partial charge in [-0.05, 0) is 46.1 Å². The maximum absolute atomic E-state index is 12.6. The highest BCUT2D eigenvalue weighted by Gasteiger charge is 2.49. The van der Waals surface area contributed by atoms with Gasteiger partial charge in [-0.25, -0.2) is 4.79 Å². The molecule has 2 aliphatic heterocycles. The molecule has 1 aromatic heterocycles. The minimum atomic E-state index is -0.900. The van der Waals surface area contributed by atoms with Crippen molar-refractivity contribution < 1.29 is 14.6 Å². The van der Waals surface area contributed by atoms with Crippen molar-refractivity contribution in [2.24, 2.45) is 0 Å². The van der Waals surface area contributed by atoms with Crippen LogP contribution in [0.3, 0.4) is 0 Å². The van der Waals surface area contributed by atoms with E-state index in [1.807, 2.05) is 37.8 Å². The second-order valence-electron chi connectivity index (χ2n) is 7.81. The van der Waals surface area contributed by atoms with Crippen molar-refractivity contribution in [3.63, 3.8) is 0 Å². The van der Waals surface area contributed by atoms with Crippen LogP contribution < -0.4 is 0 Å². The number of carbonyl (C=O) groups is 1. The molecule has 1 amide bonds. The fourth-order valence-electron chi connectivity index (χ4n) is 3.92. The maximum atomic E-state index is 12.6. The molecule has 0 spiro atoms. The van der Waals surface area contributed by atoms with Crippen LogP contribution in [0.1, 0.15) is 58.4 Å². The Hall–Kier alpha value is -1.62. The number of piperidine rings is 2. The van der Waals surface area contributed by atoms with Crippen molar-refractivity contribution >= 4 is 6.09 Å². The van der Waals surface area contributed by atoms with Gasteiger partial charge in [-0.3, -0.25) is 4.98 Å². The Bertz CT molecular complexity index is 553. The molecule has 3 heterocycles. The molecule has 0 unspecified atom stereocenters. The van der Waals surface area contributed by atoms with Crippen LogP contribution in [0, 0.1) is 0 Å². The lowest BCUT2D eigenvalue weighted by atomic mass is 9.73. The van der Waals surface area contributed by atoms with Gasteiger partial charge in [0.15, 0.2) is 0 Å². The molecule has 1 N–H and O–H groups in total. The van der Waals surface area contributed by atoms with Crippen molar-refractivity contribution in [3.05, 3.63) is 30.1 Å². The van der Waals surface area contributed by atoms with Gasteiger partial charge in [-0.15, -0.1) is 0 Å². The first-order chi connectivity index (χ1) is 10.8. The van der Waals surface area contributed by atoms with Crippen LogP contribution >= 0.6 is 0 Å². The zero-order valence-corrected chi connectivity index (χ0v) is 14.2. The number of pyridine rings is 1. The molecule has 1 aromatic rings. The number of hydrogen-bond donors (Lipinski definition) is 1. The van der Waals surface area contributed by atoms with E-state index in [1.165, 1.54) is 0 Å². The van der Waals surface area contributed by atoms with Crippen LogP contribution in [0.2, 0.25) is 0 Å². The third-order valence-corrected chi connectivity index (χ3v) is 4.81. The Morgan fingerprint density at radius 2 is 2.00 bits per heavy atom. The first kappa shape index (κ1) is 16.2. The number of ether oxygens (including phenoxy) is 1. The Morgan fingerprint density at radius 1 is 1.35 bits per heavy atom. The molecule has 23 heavy (non-hydrogen) atoms. The van der Waals surface area contributed by atoms with Gasteiger partial charge in [0.05, 0.1) is 5.60 Å². The number of hydrogen-bond acceptors (Lipinski definition) is 4. The summed E-state index contributed by atoms with van der Waals surface area (Å²) >= 11 is 0. The number of aliphatic hydroxyl groups is 1. The van der Waals surface area contributed by atoms with Crippen LogP contribution in [0.4, 0.5) is 4.79 Å². The van der Waals surface area contributed by atoms with E-state index in [1.54, 1.807) is 12.4 Å². The highest BCUT2D eigenvalue weighted by Crippen LogP contribution is 2.44. The molecule has 5 nitrogen and oxygen atoms in total. The van der Waals surface area contributed by atoms with E-state index in [2.05, 4.69) is 4.98 Å². The predicted molar refractivity (Wildman–Crippen MR) is 86.9 cm³/mol. The quantitative estimate of drug-likeness (QED) is 0.863. The SMILES string of the molecule is CC(C)(C)OC(=O)N1[C@@H]2CCC[C@H]1C[C@](O)(c1cccnc1)C2. The monoisotopic (exact) mass is 318 g/mol. The molecule has 5 heteroatoms. The van der Waals surface area contributed by atoms with Crippen LogP contribution in [0.25, 0.3) is 0 Å². The van der Waals surface area contributed by atoms with Gasteiger partial charge in [0.1, 0.15) is 5.60 Å². The molecule has 0 saturated carbocycles. The first-order valence-electron chi connectivity index (χ1n) is 8.43. The minimum Gasteiger partial charge on any atom is -0.444 e. The number of aromatic nitrogens is 1. The number of rotatable bonds is 1. The summed E-state index contributed by atoms with van der Waals surface area (Å²) in [5.41, 5.74) is -0.550. The number of carbonyl (C=O) groups excluding carboxylic acids is 1. The topological polar surface area (TPSA) is 62.7 Å². The van der Waals surface area contributed by atoms with E-state index in [0.29, 0.717) is 12.8 Å². The van der Waals surface area contributed by atoms with Gasteiger partial charge >= 0.3 is 6.09 Å². The molecule has 0 aromatic carbocycles. The smallest absolute Gasteiger partial charge is 0.410 e. The van der Waals surface area contributed by atoms with Crippen LogP contribution in [0.5, 0.6) is 0 Å². The fraction of sp³-hybridized carbons (Fsp3) is 0.667. The molecular formula is C18H26N2O3. The highest BCUT2D eigenvalue weighted by atomic mass is 16.6. The normalized spacial score (nSPS) is 30.9. The molecule has 0 aliphatic carbocycles. The number of amides is 1. The molecule has 126 valence electrons. The Balaban J connectivity index is 1.82. The van der Waals surface area contributed by atoms with Gasteiger partial charge in [0.2, 0.25) is 0 Å². The molecule has 3 atom stereocenters. The zero-order valence-electron chi connectivity index (χ0n) is 14.2. The summed E-state index contributed by atoms with van der Waals surface area (Å²) in [4.78, 5) is 18.6. The van der Waals surface area contributed by atoms with Crippen molar-refractivity contribution in [1.29, 1.82) is 0 Å². The molecule has 3 rings (SSSR count). The summed E-state index contributed by atoms with van der Waals surface area (Å²) in [6.45, 7) is 5.66. The predicted octanol–water partition coefficient (Wildman–Crippen LogP) is 3.22. The van der Waals surface area contributed by atoms with Gasteiger partial charge in [0.25, 0.3) is 0 Å². The molecular weight excluding hydrogens is 292 g/mol. The largest absolute Gasteiger partial charge is 0.444 e. The van der Waals surface area contributed by atoms with Crippen LogP contribution in [-0.2, 0) is 10.3 Å². The molecule has 2 bridgehead atoms. The summed E-state index contributed by atoms with van der Waals surface area (Å²) in [6, 6.07) is 3.83. The summed E-state index contributed by atoms with van der Waals surface area (Å²) in [7, 11) is 0. The lowest BCUT2D eigenvalue weighted by Crippen LogP contribution is -2.59. The third kappa shape index (κ3) is 3.34. The average Bonchev–Trinajstić information content (AvgIpc) is 2.45. The lowest BCUT2D eigenvalue weighted by molar-refractivity contribution is -0.0966. The lowest BCUT2D eigenvalue weighted by Gasteiger charge is -2.51. The Kier molecular flexibility index (Phi) is 4.08. The number of fused-ring (bicyclic) bond motifs is 2. The van der Waals surface area contributed by atoms with E-state index < -0.39 is 11.2 Å². The minimum absolute atomic E-state index is 0.0301.